The van der Waals surface area contributed by atoms with Gasteiger partial charge in [-0.1, -0.05) is 13.8 Å². The second-order valence-corrected chi connectivity index (χ2v) is 5.10. The Bertz CT molecular complexity index is 419. The van der Waals surface area contributed by atoms with Gasteiger partial charge in [0.15, 0.2) is 11.4 Å². The van der Waals surface area contributed by atoms with Crippen molar-refractivity contribution in [3.8, 4) is 5.75 Å². The Kier molecular flexibility index (Phi) is 5.76. The van der Waals surface area contributed by atoms with E-state index in [0.29, 0.717) is 31.0 Å². The molecule has 19 heavy (non-hydrogen) atoms. The van der Waals surface area contributed by atoms with E-state index >= 15 is 0 Å². The minimum absolute atomic E-state index is 0.108. The third kappa shape index (κ3) is 4.87. The molecule has 0 aromatic carbocycles. The van der Waals surface area contributed by atoms with Gasteiger partial charge in [-0.3, -0.25) is 4.79 Å². The van der Waals surface area contributed by atoms with Gasteiger partial charge >= 0.3 is 0 Å². The van der Waals surface area contributed by atoms with Crippen LogP contribution in [0.5, 0.6) is 5.75 Å². The van der Waals surface area contributed by atoms with E-state index < -0.39 is 0 Å². The minimum Gasteiger partial charge on any atom is -0.491 e. The molecule has 1 heterocycles. The maximum atomic E-state index is 12.1. The summed E-state index contributed by atoms with van der Waals surface area (Å²) in [7, 11) is 0. The van der Waals surface area contributed by atoms with Crippen molar-refractivity contribution in [2.24, 2.45) is 5.41 Å². The molecule has 0 fully saturated rings. The second-order valence-electron chi connectivity index (χ2n) is 5.10. The molecule has 1 aromatic rings. The Morgan fingerprint density at radius 1 is 1.53 bits per heavy atom. The van der Waals surface area contributed by atoms with Crippen LogP contribution in [-0.2, 0) is 0 Å². The first-order chi connectivity index (χ1) is 9.00. The first-order valence-electron chi connectivity index (χ1n) is 6.47. The highest BCUT2D eigenvalue weighted by molar-refractivity contribution is 5.94. The van der Waals surface area contributed by atoms with Gasteiger partial charge < -0.3 is 15.2 Å². The van der Waals surface area contributed by atoms with E-state index in [2.05, 4.69) is 10.3 Å². The number of hydrogen-bond donors (Lipinski definition) is 2. The van der Waals surface area contributed by atoms with Crippen LogP contribution >= 0.6 is 0 Å². The predicted octanol–water partition coefficient (Wildman–Crippen LogP) is 1.62. The molecule has 1 rings (SSSR count). The Balaban J connectivity index is 2.68. The highest BCUT2D eigenvalue weighted by atomic mass is 16.5. The van der Waals surface area contributed by atoms with Crippen LogP contribution in [0.25, 0.3) is 0 Å². The number of aliphatic hydroxyl groups excluding tert-OH is 1. The lowest BCUT2D eigenvalue weighted by Gasteiger charge is -2.23. The molecule has 0 aliphatic carbocycles. The Labute approximate surface area is 114 Å². The van der Waals surface area contributed by atoms with E-state index in [0.717, 1.165) is 0 Å². The highest BCUT2D eigenvalue weighted by Gasteiger charge is 2.20. The maximum Gasteiger partial charge on any atom is 0.273 e. The van der Waals surface area contributed by atoms with Crippen molar-refractivity contribution in [3.05, 3.63) is 24.0 Å². The summed E-state index contributed by atoms with van der Waals surface area (Å²) in [6.07, 6.45) is 2.20. The Morgan fingerprint density at radius 3 is 2.89 bits per heavy atom. The van der Waals surface area contributed by atoms with E-state index in [1.165, 1.54) is 0 Å². The van der Waals surface area contributed by atoms with Crippen LogP contribution in [0.2, 0.25) is 0 Å². The fourth-order valence-electron chi connectivity index (χ4n) is 1.63. The number of amides is 1. The monoisotopic (exact) mass is 266 g/mol. The quantitative estimate of drug-likeness (QED) is 0.786. The van der Waals surface area contributed by atoms with E-state index in [-0.39, 0.29) is 17.9 Å². The summed E-state index contributed by atoms with van der Waals surface area (Å²) in [5, 5.41) is 11.8. The zero-order valence-electron chi connectivity index (χ0n) is 11.8. The number of nitrogens with zero attached hydrogens (tertiary/aromatic N) is 1. The first kappa shape index (κ1) is 15.4. The summed E-state index contributed by atoms with van der Waals surface area (Å²) in [6.45, 7) is 6.92. The minimum atomic E-state index is -0.255. The Morgan fingerprint density at radius 2 is 2.26 bits per heavy atom. The molecule has 0 unspecified atom stereocenters. The van der Waals surface area contributed by atoms with E-state index in [4.69, 9.17) is 9.84 Å². The number of ether oxygens (including phenoxy) is 1. The molecule has 0 spiro atoms. The van der Waals surface area contributed by atoms with Crippen molar-refractivity contribution in [1.82, 2.24) is 10.3 Å². The van der Waals surface area contributed by atoms with Gasteiger partial charge in [0.2, 0.25) is 0 Å². The topological polar surface area (TPSA) is 71.5 Å². The molecule has 106 valence electrons. The molecule has 1 amide bonds. The number of hydrogen-bond acceptors (Lipinski definition) is 4. The molecule has 0 saturated heterocycles. The fourth-order valence-corrected chi connectivity index (χ4v) is 1.63. The SMILES string of the molecule is CCOc1cccnc1C(=O)NCC(C)(C)CCO. The predicted molar refractivity (Wildman–Crippen MR) is 73.2 cm³/mol. The molecule has 0 aliphatic rings. The molecule has 5 heteroatoms. The molecule has 5 nitrogen and oxygen atoms in total. The fraction of sp³-hybridized carbons (Fsp3) is 0.571. The van der Waals surface area contributed by atoms with Crippen molar-refractivity contribution in [2.75, 3.05) is 19.8 Å². The van der Waals surface area contributed by atoms with Gasteiger partial charge in [-0.2, -0.15) is 0 Å². The second kappa shape index (κ2) is 7.09. The van der Waals surface area contributed by atoms with Gasteiger partial charge in [-0.25, -0.2) is 4.98 Å². The molecular formula is C14H22N2O3. The lowest BCUT2D eigenvalue weighted by molar-refractivity contribution is 0.0919. The average Bonchev–Trinajstić information content (AvgIpc) is 2.37. The van der Waals surface area contributed by atoms with Crippen molar-refractivity contribution >= 4 is 5.91 Å². The van der Waals surface area contributed by atoms with E-state index in [9.17, 15) is 4.79 Å². The maximum absolute atomic E-state index is 12.1. The van der Waals surface area contributed by atoms with Crippen LogP contribution in [0.3, 0.4) is 0 Å². The molecular weight excluding hydrogens is 244 g/mol. The van der Waals surface area contributed by atoms with Crippen LogP contribution < -0.4 is 10.1 Å². The number of rotatable bonds is 7. The summed E-state index contributed by atoms with van der Waals surface area (Å²) < 4.78 is 5.37. The van der Waals surface area contributed by atoms with Gasteiger partial charge in [-0.05, 0) is 30.9 Å². The Hall–Kier alpha value is -1.62. The van der Waals surface area contributed by atoms with E-state index in [1.54, 1.807) is 18.3 Å². The lowest BCUT2D eigenvalue weighted by atomic mass is 9.90. The van der Waals surface area contributed by atoms with Gasteiger partial charge in [0.1, 0.15) is 0 Å². The first-order valence-corrected chi connectivity index (χ1v) is 6.47. The number of pyridine rings is 1. The lowest BCUT2D eigenvalue weighted by Crippen LogP contribution is -2.35. The highest BCUT2D eigenvalue weighted by Crippen LogP contribution is 2.19. The summed E-state index contributed by atoms with van der Waals surface area (Å²) in [5.41, 5.74) is 0.148. The zero-order chi connectivity index (χ0) is 14.3. The number of nitrogens with one attached hydrogen (secondary N) is 1. The molecule has 2 N–H and O–H groups in total. The van der Waals surface area contributed by atoms with Gasteiger partial charge in [0.25, 0.3) is 5.91 Å². The van der Waals surface area contributed by atoms with Crippen LogP contribution in [0.4, 0.5) is 0 Å². The van der Waals surface area contributed by atoms with Crippen molar-refractivity contribution in [1.29, 1.82) is 0 Å². The van der Waals surface area contributed by atoms with Crippen molar-refractivity contribution in [3.63, 3.8) is 0 Å². The van der Waals surface area contributed by atoms with Gasteiger partial charge in [0.05, 0.1) is 6.61 Å². The normalized spacial score (nSPS) is 11.2. The number of aromatic nitrogens is 1. The van der Waals surface area contributed by atoms with E-state index in [1.807, 2.05) is 20.8 Å². The summed E-state index contributed by atoms with van der Waals surface area (Å²) in [6, 6.07) is 3.46. The van der Waals surface area contributed by atoms with Crippen molar-refractivity contribution in [2.45, 2.75) is 27.2 Å². The number of carbonyl (C=O) groups is 1. The molecule has 0 radical (unpaired) electrons. The summed E-state index contributed by atoms with van der Waals surface area (Å²) >= 11 is 0. The van der Waals surface area contributed by atoms with Gasteiger partial charge in [-0.15, -0.1) is 0 Å². The summed E-state index contributed by atoms with van der Waals surface area (Å²) in [5.74, 6) is 0.234. The molecule has 0 bridgehead atoms. The number of carbonyl (C=O) groups excluding carboxylic acids is 1. The van der Waals surface area contributed by atoms with Crippen molar-refractivity contribution < 1.29 is 14.6 Å². The molecule has 0 saturated carbocycles. The summed E-state index contributed by atoms with van der Waals surface area (Å²) in [4.78, 5) is 16.1. The molecule has 0 aliphatic heterocycles. The standard InChI is InChI=1S/C14H22N2O3/c1-4-19-11-6-5-8-15-12(11)13(18)16-10-14(2,3)7-9-17/h5-6,8,17H,4,7,9-10H2,1-3H3,(H,16,18). The zero-order valence-corrected chi connectivity index (χ0v) is 11.8. The largest absolute Gasteiger partial charge is 0.491 e. The average molecular weight is 266 g/mol. The number of aliphatic hydroxyl groups is 1. The van der Waals surface area contributed by atoms with Gasteiger partial charge in [0, 0.05) is 19.3 Å². The molecule has 1 aromatic heterocycles. The van der Waals surface area contributed by atoms with Crippen LogP contribution in [-0.4, -0.2) is 35.8 Å². The smallest absolute Gasteiger partial charge is 0.273 e. The third-order valence-corrected chi connectivity index (χ3v) is 2.80. The van der Waals surface area contributed by atoms with Crippen LogP contribution in [0, 0.1) is 5.41 Å². The third-order valence-electron chi connectivity index (χ3n) is 2.80. The molecule has 0 atom stereocenters. The van der Waals surface area contributed by atoms with Crippen LogP contribution in [0.15, 0.2) is 18.3 Å². The van der Waals surface area contributed by atoms with Crippen LogP contribution in [0.1, 0.15) is 37.7 Å².